The predicted octanol–water partition coefficient (Wildman–Crippen LogP) is 2.06. The molecule has 0 amide bonds. The molecule has 0 spiro atoms. The van der Waals surface area contributed by atoms with E-state index in [9.17, 15) is 26.7 Å². The second-order valence-corrected chi connectivity index (χ2v) is 6.97. The Morgan fingerprint density at radius 3 is 2.47 bits per heavy atom. The van der Waals surface area contributed by atoms with E-state index >= 15 is 0 Å². The second kappa shape index (κ2) is 5.78. The maximum Gasteiger partial charge on any atom is 0.389 e. The molecule has 0 bridgehead atoms. The van der Waals surface area contributed by atoms with Gasteiger partial charge in [0, 0.05) is 12.3 Å². The molecule has 1 rings (SSSR count). The highest BCUT2D eigenvalue weighted by Gasteiger charge is 2.35. The Balaban J connectivity index is 3.08. The van der Waals surface area contributed by atoms with Crippen LogP contribution >= 0.6 is 11.3 Å². The Kier molecular flexibility index (Phi) is 4.99. The monoisotopic (exact) mass is 317 g/mol. The highest BCUT2D eigenvalue weighted by atomic mass is 32.2. The summed E-state index contributed by atoms with van der Waals surface area (Å²) in [6.07, 6.45) is -5.47. The van der Waals surface area contributed by atoms with Gasteiger partial charge in [0.15, 0.2) is 0 Å². The first-order valence-electron chi connectivity index (χ1n) is 5.34. The lowest BCUT2D eigenvalue weighted by molar-refractivity contribution is -0.145. The summed E-state index contributed by atoms with van der Waals surface area (Å²) in [5.74, 6) is -1.86. The maximum atomic E-state index is 12.4. The van der Waals surface area contributed by atoms with Crippen molar-refractivity contribution < 1.29 is 26.7 Å². The van der Waals surface area contributed by atoms with Gasteiger partial charge in [-0.15, -0.1) is 11.3 Å². The lowest BCUT2D eigenvalue weighted by Gasteiger charge is -2.23. The number of halogens is 3. The first kappa shape index (κ1) is 16.4. The summed E-state index contributed by atoms with van der Waals surface area (Å²) < 4.78 is 59.5. The van der Waals surface area contributed by atoms with Crippen LogP contribution in [0.1, 0.15) is 24.8 Å². The number of nitrogens with two attached hydrogens (primary N) is 1. The Bertz CT molecular complexity index is 524. The molecule has 0 aliphatic carbocycles. The van der Waals surface area contributed by atoms with Crippen LogP contribution in [0.5, 0.6) is 0 Å². The van der Waals surface area contributed by atoms with E-state index in [0.29, 0.717) is 0 Å². The molecule has 0 radical (unpaired) electrons. The average Bonchev–Trinajstić information content (AvgIpc) is 2.63. The minimum Gasteiger partial charge on any atom is -0.396 e. The van der Waals surface area contributed by atoms with Crippen LogP contribution < -0.4 is 5.14 Å². The summed E-state index contributed by atoms with van der Waals surface area (Å²) >= 11 is 0.830. The van der Waals surface area contributed by atoms with Crippen LogP contribution in [-0.4, -0.2) is 26.3 Å². The largest absolute Gasteiger partial charge is 0.396 e. The average molecular weight is 317 g/mol. The number of aliphatic hydroxyl groups excluding tert-OH is 1. The van der Waals surface area contributed by atoms with Gasteiger partial charge < -0.3 is 5.11 Å². The predicted molar refractivity (Wildman–Crippen MR) is 65.4 cm³/mol. The van der Waals surface area contributed by atoms with Crippen LogP contribution in [0.3, 0.4) is 0 Å². The lowest BCUT2D eigenvalue weighted by atomic mass is 9.87. The van der Waals surface area contributed by atoms with Crippen LogP contribution in [0.15, 0.2) is 15.7 Å². The van der Waals surface area contributed by atoms with E-state index in [1.165, 1.54) is 18.4 Å². The van der Waals surface area contributed by atoms with Gasteiger partial charge in [0.05, 0.1) is 6.61 Å². The van der Waals surface area contributed by atoms with Gasteiger partial charge in [0.2, 0.25) is 10.0 Å². The molecule has 3 N–H and O–H groups in total. The van der Waals surface area contributed by atoms with Gasteiger partial charge in [-0.2, -0.15) is 13.2 Å². The first-order valence-corrected chi connectivity index (χ1v) is 7.76. The number of sulfonamides is 1. The number of rotatable bonds is 5. The van der Waals surface area contributed by atoms with Gasteiger partial charge in [0.25, 0.3) is 0 Å². The van der Waals surface area contributed by atoms with Crippen molar-refractivity contribution >= 4 is 21.4 Å². The molecular formula is C10H14F3NO3S2. The van der Waals surface area contributed by atoms with Crippen molar-refractivity contribution in [1.29, 1.82) is 0 Å². The summed E-state index contributed by atoms with van der Waals surface area (Å²) in [6, 6.07) is 1.39. The standard InChI is InChI=1S/C10H14F3NO3S2/c1-6(4-10(11,12)13)8(5-15)7-2-3-18-9(7)19(14,16)17/h2-3,6,8,15H,4-5H2,1H3,(H2,14,16,17)/t6-,8-/m0/s1. The van der Waals surface area contributed by atoms with E-state index in [1.54, 1.807) is 0 Å². The first-order chi connectivity index (χ1) is 8.56. The topological polar surface area (TPSA) is 80.4 Å². The Labute approximate surface area is 113 Å². The van der Waals surface area contributed by atoms with Crippen LogP contribution in [0, 0.1) is 5.92 Å². The Morgan fingerprint density at radius 2 is 2.05 bits per heavy atom. The van der Waals surface area contributed by atoms with Crippen molar-refractivity contribution in [1.82, 2.24) is 0 Å². The second-order valence-electron chi connectivity index (χ2n) is 4.29. The van der Waals surface area contributed by atoms with Gasteiger partial charge in [-0.25, -0.2) is 13.6 Å². The van der Waals surface area contributed by atoms with Crippen LogP contribution in [0.4, 0.5) is 13.2 Å². The Hall–Kier alpha value is -0.640. The summed E-state index contributed by atoms with van der Waals surface area (Å²) in [4.78, 5) is 0. The zero-order valence-electron chi connectivity index (χ0n) is 10.0. The number of aliphatic hydroxyl groups is 1. The van der Waals surface area contributed by atoms with E-state index in [2.05, 4.69) is 0 Å². The molecular weight excluding hydrogens is 303 g/mol. The quantitative estimate of drug-likeness (QED) is 0.872. The van der Waals surface area contributed by atoms with Crippen molar-refractivity contribution in [2.24, 2.45) is 11.1 Å². The van der Waals surface area contributed by atoms with Crippen LogP contribution in [0.2, 0.25) is 0 Å². The van der Waals surface area contributed by atoms with Crippen molar-refractivity contribution in [2.75, 3.05) is 6.61 Å². The molecule has 2 atom stereocenters. The molecule has 110 valence electrons. The molecule has 1 heterocycles. The zero-order chi connectivity index (χ0) is 14.8. The van der Waals surface area contributed by atoms with Crippen LogP contribution in [-0.2, 0) is 10.0 Å². The van der Waals surface area contributed by atoms with Gasteiger partial charge in [-0.05, 0) is 22.9 Å². The molecule has 0 fully saturated rings. The van der Waals surface area contributed by atoms with Crippen LogP contribution in [0.25, 0.3) is 0 Å². The van der Waals surface area contributed by atoms with E-state index in [1.807, 2.05) is 0 Å². The lowest BCUT2D eigenvalue weighted by Crippen LogP contribution is -2.23. The number of alkyl halides is 3. The fourth-order valence-corrected chi connectivity index (χ4v) is 3.85. The van der Waals surface area contributed by atoms with E-state index < -0.39 is 41.1 Å². The van der Waals surface area contributed by atoms with E-state index in [0.717, 1.165) is 11.3 Å². The van der Waals surface area contributed by atoms with Gasteiger partial charge in [0.1, 0.15) is 4.21 Å². The molecule has 1 aromatic heterocycles. The van der Waals surface area contributed by atoms with Crippen molar-refractivity contribution in [3.63, 3.8) is 0 Å². The summed E-state index contributed by atoms with van der Waals surface area (Å²) in [7, 11) is -4.00. The third-order valence-corrected chi connectivity index (χ3v) is 5.21. The van der Waals surface area contributed by atoms with Gasteiger partial charge >= 0.3 is 6.18 Å². The molecule has 0 unspecified atom stereocenters. The molecule has 0 aliphatic heterocycles. The van der Waals surface area contributed by atoms with E-state index in [4.69, 9.17) is 5.14 Å². The van der Waals surface area contributed by atoms with Crippen molar-refractivity contribution in [3.05, 3.63) is 17.0 Å². The van der Waals surface area contributed by atoms with E-state index in [-0.39, 0.29) is 9.77 Å². The highest BCUT2D eigenvalue weighted by molar-refractivity contribution is 7.91. The zero-order valence-corrected chi connectivity index (χ0v) is 11.6. The number of hydrogen-bond acceptors (Lipinski definition) is 4. The molecule has 4 nitrogen and oxygen atoms in total. The fraction of sp³-hybridized carbons (Fsp3) is 0.600. The molecule has 1 aromatic rings. The number of hydrogen-bond donors (Lipinski definition) is 2. The molecule has 0 saturated heterocycles. The molecule has 19 heavy (non-hydrogen) atoms. The third kappa shape index (κ3) is 4.44. The Morgan fingerprint density at radius 1 is 1.47 bits per heavy atom. The molecule has 0 aliphatic rings. The summed E-state index contributed by atoms with van der Waals surface area (Å²) in [5, 5.41) is 15.7. The normalized spacial score (nSPS) is 16.3. The summed E-state index contributed by atoms with van der Waals surface area (Å²) in [5.41, 5.74) is 0.145. The van der Waals surface area contributed by atoms with Crippen molar-refractivity contribution in [3.8, 4) is 0 Å². The minimum absolute atomic E-state index is 0.145. The van der Waals surface area contributed by atoms with Crippen molar-refractivity contribution in [2.45, 2.75) is 29.6 Å². The maximum absolute atomic E-state index is 12.4. The highest BCUT2D eigenvalue weighted by Crippen LogP contribution is 2.37. The number of primary sulfonamides is 1. The molecule has 0 aromatic carbocycles. The third-order valence-electron chi connectivity index (χ3n) is 2.75. The molecule has 0 saturated carbocycles. The summed E-state index contributed by atoms with van der Waals surface area (Å²) in [6.45, 7) is 0.745. The minimum atomic E-state index is -4.37. The molecule has 9 heteroatoms. The fourth-order valence-electron chi connectivity index (χ4n) is 1.90. The van der Waals surface area contributed by atoms with Gasteiger partial charge in [-0.1, -0.05) is 6.92 Å². The smallest absolute Gasteiger partial charge is 0.389 e. The number of thiophene rings is 1. The SMILES string of the molecule is C[C@@H](CC(F)(F)F)[C@H](CO)c1ccsc1S(N)(=O)=O. The van der Waals surface area contributed by atoms with Gasteiger partial charge in [-0.3, -0.25) is 0 Å².